The zero-order chi connectivity index (χ0) is 22.3. The maximum atomic E-state index is 12.9. The first-order valence-electron chi connectivity index (χ1n) is 11.4. The van der Waals surface area contributed by atoms with Crippen molar-refractivity contribution in [2.75, 3.05) is 53.4 Å². The highest BCUT2D eigenvalue weighted by molar-refractivity contribution is 5.93. The van der Waals surface area contributed by atoms with Crippen molar-refractivity contribution in [3.63, 3.8) is 0 Å². The Labute approximate surface area is 190 Å². The number of quaternary nitrogens is 2. The van der Waals surface area contributed by atoms with Crippen molar-refractivity contribution in [2.24, 2.45) is 0 Å². The molecule has 1 aliphatic rings. The minimum absolute atomic E-state index is 0.0776. The molecule has 6 nitrogen and oxygen atoms in total. The molecule has 1 aliphatic heterocycles. The van der Waals surface area contributed by atoms with E-state index >= 15 is 0 Å². The maximum Gasteiger partial charge on any atom is 0.246 e. The lowest BCUT2D eigenvalue weighted by Crippen LogP contribution is -3.19. The van der Waals surface area contributed by atoms with E-state index in [2.05, 4.69) is 14.1 Å². The molecule has 6 heteroatoms. The molecule has 166 valence electrons. The zero-order valence-electron chi connectivity index (χ0n) is 19.0. The van der Waals surface area contributed by atoms with Gasteiger partial charge in [0.25, 0.3) is 0 Å². The van der Waals surface area contributed by atoms with Crippen LogP contribution in [0.2, 0.25) is 0 Å². The summed E-state index contributed by atoms with van der Waals surface area (Å²) in [6, 6.07) is 20.2. The van der Waals surface area contributed by atoms with Gasteiger partial charge in [0.2, 0.25) is 5.91 Å². The number of hydrogen-bond donors (Lipinski definition) is 2. The molecule has 2 heterocycles. The van der Waals surface area contributed by atoms with E-state index in [1.54, 1.807) is 11.0 Å². The fourth-order valence-corrected chi connectivity index (χ4v) is 4.03. The first-order chi connectivity index (χ1) is 15.6. The van der Waals surface area contributed by atoms with Gasteiger partial charge in [-0.3, -0.25) is 4.79 Å². The number of aromatic nitrogens is 2. The summed E-state index contributed by atoms with van der Waals surface area (Å²) in [5.74, 6) is 0.0776. The molecule has 3 aromatic rings. The molecule has 0 saturated carbocycles. The van der Waals surface area contributed by atoms with Crippen LogP contribution < -0.4 is 9.80 Å². The largest absolute Gasteiger partial charge is 0.335 e. The van der Waals surface area contributed by atoms with Crippen LogP contribution in [0.1, 0.15) is 5.56 Å². The van der Waals surface area contributed by atoms with Crippen LogP contribution in [0.5, 0.6) is 0 Å². The van der Waals surface area contributed by atoms with Crippen molar-refractivity contribution in [2.45, 2.75) is 0 Å². The second-order valence-electron chi connectivity index (χ2n) is 8.69. The number of amides is 1. The van der Waals surface area contributed by atoms with E-state index in [4.69, 9.17) is 5.10 Å². The van der Waals surface area contributed by atoms with Gasteiger partial charge in [0.15, 0.2) is 0 Å². The van der Waals surface area contributed by atoms with Gasteiger partial charge in [-0.2, -0.15) is 5.10 Å². The minimum Gasteiger partial charge on any atom is -0.335 e. The Morgan fingerprint density at radius 2 is 1.69 bits per heavy atom. The Kier molecular flexibility index (Phi) is 7.14. The quantitative estimate of drug-likeness (QED) is 0.533. The standard InChI is InChI=1S/C26H31N5O/c1-28(2)15-16-29-17-19-30(20-18-29)25(32)14-13-23-21-31(24-11-7-4-8-12-24)27-26(23)22-9-5-3-6-10-22/h3-14,21H,15-20H2,1-2H3/p+2/b14-13+. The van der Waals surface area contributed by atoms with Crippen molar-refractivity contribution < 1.29 is 14.6 Å². The van der Waals surface area contributed by atoms with E-state index in [-0.39, 0.29) is 5.91 Å². The SMILES string of the molecule is C[NH+](C)CC[NH+]1CCN(C(=O)/C=C/c2cn(-c3ccccc3)nc2-c2ccccc2)CC1. The van der Waals surface area contributed by atoms with Gasteiger partial charge in [0.1, 0.15) is 13.1 Å². The van der Waals surface area contributed by atoms with Gasteiger partial charge in [0.05, 0.1) is 51.7 Å². The lowest BCUT2D eigenvalue weighted by molar-refractivity contribution is -0.943. The molecular formula is C26H33N5O+2. The second kappa shape index (κ2) is 10.4. The van der Waals surface area contributed by atoms with Crippen molar-refractivity contribution >= 4 is 12.0 Å². The minimum atomic E-state index is 0.0776. The second-order valence-corrected chi connectivity index (χ2v) is 8.69. The third-order valence-electron chi connectivity index (χ3n) is 5.98. The average molecular weight is 432 g/mol. The van der Waals surface area contributed by atoms with Crippen LogP contribution in [0, 0.1) is 0 Å². The molecule has 32 heavy (non-hydrogen) atoms. The van der Waals surface area contributed by atoms with Crippen LogP contribution in [-0.4, -0.2) is 74.0 Å². The Hall–Kier alpha value is -3.22. The average Bonchev–Trinajstić information content (AvgIpc) is 3.27. The number of nitrogens with one attached hydrogen (secondary N) is 2. The summed E-state index contributed by atoms with van der Waals surface area (Å²) >= 11 is 0. The summed E-state index contributed by atoms with van der Waals surface area (Å²) in [4.78, 5) is 17.9. The van der Waals surface area contributed by atoms with E-state index in [1.165, 1.54) is 11.4 Å². The Bertz CT molecular complexity index is 1030. The van der Waals surface area contributed by atoms with Gasteiger partial charge in [-0.25, -0.2) is 4.68 Å². The number of likely N-dealkylation sites (N-methyl/N-ethyl adjacent to an activating group) is 1. The summed E-state index contributed by atoms with van der Waals surface area (Å²) in [7, 11) is 4.38. The number of para-hydroxylation sites is 1. The third-order valence-corrected chi connectivity index (χ3v) is 5.98. The Balaban J connectivity index is 1.48. The maximum absolute atomic E-state index is 12.9. The molecule has 0 unspecified atom stereocenters. The molecule has 0 bridgehead atoms. The van der Waals surface area contributed by atoms with Gasteiger partial charge in [-0.1, -0.05) is 48.5 Å². The van der Waals surface area contributed by atoms with Crippen molar-refractivity contribution in [3.8, 4) is 16.9 Å². The normalized spacial score (nSPS) is 15.0. The highest BCUT2D eigenvalue weighted by Crippen LogP contribution is 2.24. The van der Waals surface area contributed by atoms with Crippen molar-refractivity contribution in [1.29, 1.82) is 0 Å². The molecular weight excluding hydrogens is 398 g/mol. The fraction of sp³-hybridized carbons (Fsp3) is 0.308. The molecule has 2 aromatic carbocycles. The molecule has 0 atom stereocenters. The molecule has 1 fully saturated rings. The fourth-order valence-electron chi connectivity index (χ4n) is 4.03. The molecule has 1 aromatic heterocycles. The Morgan fingerprint density at radius 3 is 2.34 bits per heavy atom. The van der Waals surface area contributed by atoms with Gasteiger partial charge >= 0.3 is 0 Å². The van der Waals surface area contributed by atoms with Gasteiger partial charge < -0.3 is 14.7 Å². The van der Waals surface area contributed by atoms with Gasteiger partial charge in [-0.05, 0) is 18.2 Å². The lowest BCUT2D eigenvalue weighted by Gasteiger charge is -2.31. The summed E-state index contributed by atoms with van der Waals surface area (Å²) < 4.78 is 1.88. The van der Waals surface area contributed by atoms with Gasteiger partial charge in [0, 0.05) is 23.4 Å². The summed E-state index contributed by atoms with van der Waals surface area (Å²) in [5, 5.41) is 4.82. The predicted octanol–water partition coefficient (Wildman–Crippen LogP) is 0.424. The van der Waals surface area contributed by atoms with E-state index in [1.807, 2.05) is 82.5 Å². The van der Waals surface area contributed by atoms with Crippen LogP contribution in [0.15, 0.2) is 72.9 Å². The highest BCUT2D eigenvalue weighted by atomic mass is 16.2. The zero-order valence-corrected chi connectivity index (χ0v) is 19.0. The predicted molar refractivity (Wildman–Crippen MR) is 128 cm³/mol. The lowest BCUT2D eigenvalue weighted by atomic mass is 10.1. The molecule has 1 saturated heterocycles. The number of nitrogens with zero attached hydrogens (tertiary/aromatic N) is 3. The topological polar surface area (TPSA) is 47.0 Å². The van der Waals surface area contributed by atoms with Crippen LogP contribution >= 0.6 is 0 Å². The van der Waals surface area contributed by atoms with Crippen LogP contribution in [-0.2, 0) is 4.79 Å². The monoisotopic (exact) mass is 431 g/mol. The first kappa shape index (κ1) is 22.0. The molecule has 0 spiro atoms. The smallest absolute Gasteiger partial charge is 0.246 e. The number of rotatable bonds is 7. The first-order valence-corrected chi connectivity index (χ1v) is 11.4. The van der Waals surface area contributed by atoms with Gasteiger partial charge in [-0.15, -0.1) is 0 Å². The molecule has 1 amide bonds. The highest BCUT2D eigenvalue weighted by Gasteiger charge is 2.22. The van der Waals surface area contributed by atoms with Crippen LogP contribution in [0.4, 0.5) is 0 Å². The van der Waals surface area contributed by atoms with E-state index in [9.17, 15) is 4.79 Å². The molecule has 0 aliphatic carbocycles. The van der Waals surface area contributed by atoms with Crippen LogP contribution in [0.25, 0.3) is 23.0 Å². The van der Waals surface area contributed by atoms with Crippen molar-refractivity contribution in [1.82, 2.24) is 14.7 Å². The number of hydrogen-bond acceptors (Lipinski definition) is 2. The summed E-state index contributed by atoms with van der Waals surface area (Å²) in [6.45, 7) is 6.00. The van der Waals surface area contributed by atoms with E-state index in [0.717, 1.165) is 55.2 Å². The van der Waals surface area contributed by atoms with Crippen molar-refractivity contribution in [3.05, 3.63) is 78.5 Å². The molecule has 0 radical (unpaired) electrons. The number of carbonyl (C=O) groups excluding carboxylic acids is 1. The molecule has 2 N–H and O–H groups in total. The van der Waals surface area contributed by atoms with Crippen LogP contribution in [0.3, 0.4) is 0 Å². The summed E-state index contributed by atoms with van der Waals surface area (Å²) in [6.07, 6.45) is 5.60. The third kappa shape index (κ3) is 5.52. The van der Waals surface area contributed by atoms with E-state index in [0.29, 0.717) is 0 Å². The molecule has 4 rings (SSSR count). The number of carbonyl (C=O) groups is 1. The number of benzene rings is 2. The Morgan fingerprint density at radius 1 is 1.03 bits per heavy atom. The van der Waals surface area contributed by atoms with E-state index < -0.39 is 0 Å². The number of piperazine rings is 1. The summed E-state index contributed by atoms with van der Waals surface area (Å²) in [5.41, 5.74) is 3.84.